The fourth-order valence-corrected chi connectivity index (χ4v) is 6.86. The number of halogens is 6. The largest absolute Gasteiger partial charge is 0.416 e. The maximum absolute atomic E-state index is 13.5. The highest BCUT2D eigenvalue weighted by Gasteiger charge is 2.51. The SMILES string of the molecule is Cc1ccccc1[C@H]1[C@@H]2CN(C3=CC(=O)CCC3)C(O)[C@H]2CC[C@@H]1O[C@H](C)c1cc(C(F)(F)F)cc(C(F)(F)F)c1. The lowest BCUT2D eigenvalue weighted by Gasteiger charge is -2.41. The fourth-order valence-electron chi connectivity index (χ4n) is 6.86. The van der Waals surface area contributed by atoms with Crippen LogP contribution in [0, 0.1) is 18.8 Å². The Bertz CT molecular complexity index is 1290. The molecule has 1 saturated carbocycles. The Morgan fingerprint density at radius 1 is 0.951 bits per heavy atom. The predicted octanol–water partition coefficient (Wildman–Crippen LogP) is 7.56. The Labute approximate surface area is 235 Å². The highest BCUT2D eigenvalue weighted by Crippen LogP contribution is 2.51. The summed E-state index contributed by atoms with van der Waals surface area (Å²) < 4.78 is 87.5. The Morgan fingerprint density at radius 3 is 2.22 bits per heavy atom. The van der Waals surface area contributed by atoms with Crippen LogP contribution in [0.2, 0.25) is 0 Å². The van der Waals surface area contributed by atoms with Crippen LogP contribution in [-0.4, -0.2) is 34.7 Å². The number of carbonyl (C=O) groups is 1. The van der Waals surface area contributed by atoms with E-state index in [0.29, 0.717) is 38.6 Å². The van der Waals surface area contributed by atoms with E-state index < -0.39 is 41.9 Å². The predicted molar refractivity (Wildman–Crippen MR) is 140 cm³/mol. The van der Waals surface area contributed by atoms with Crippen LogP contribution < -0.4 is 0 Å². The number of rotatable bonds is 5. The third kappa shape index (κ3) is 6.04. The Morgan fingerprint density at radius 2 is 1.61 bits per heavy atom. The van der Waals surface area contributed by atoms with E-state index >= 15 is 0 Å². The van der Waals surface area contributed by atoms with E-state index in [0.717, 1.165) is 29.0 Å². The number of carbonyl (C=O) groups excluding carboxylic acids is 1. The number of ether oxygens (including phenoxy) is 1. The van der Waals surface area contributed by atoms with E-state index in [9.17, 15) is 36.2 Å². The second-order valence-electron chi connectivity index (χ2n) is 11.5. The van der Waals surface area contributed by atoms with Crippen molar-refractivity contribution < 1.29 is 41.0 Å². The van der Waals surface area contributed by atoms with Gasteiger partial charge in [0, 0.05) is 36.6 Å². The van der Waals surface area contributed by atoms with Crippen LogP contribution in [0.5, 0.6) is 0 Å². The molecule has 0 amide bonds. The third-order valence-electron chi connectivity index (χ3n) is 8.86. The maximum atomic E-state index is 13.5. The molecule has 0 spiro atoms. The van der Waals surface area contributed by atoms with Gasteiger partial charge in [0.2, 0.25) is 0 Å². The summed E-state index contributed by atoms with van der Waals surface area (Å²) in [6.07, 6.45) is -7.72. The van der Waals surface area contributed by atoms with Crippen molar-refractivity contribution in [1.29, 1.82) is 0 Å². The lowest BCUT2D eigenvalue weighted by molar-refractivity contribution is -0.143. The molecule has 0 radical (unpaired) electrons. The molecule has 0 bridgehead atoms. The van der Waals surface area contributed by atoms with Gasteiger partial charge < -0.3 is 14.7 Å². The molecule has 222 valence electrons. The molecule has 4 nitrogen and oxygen atoms in total. The van der Waals surface area contributed by atoms with Crippen LogP contribution in [0.4, 0.5) is 26.3 Å². The van der Waals surface area contributed by atoms with E-state index in [1.165, 1.54) is 6.92 Å². The highest BCUT2D eigenvalue weighted by atomic mass is 19.4. The second-order valence-corrected chi connectivity index (χ2v) is 11.5. The fraction of sp³-hybridized carbons (Fsp3) is 0.516. The molecular weight excluding hydrogens is 548 g/mol. The smallest absolute Gasteiger partial charge is 0.373 e. The Balaban J connectivity index is 1.48. The number of likely N-dealkylation sites (tertiary alicyclic amines) is 1. The number of hydrogen-bond donors (Lipinski definition) is 1. The number of nitrogens with zero attached hydrogens (tertiary/aromatic N) is 1. The highest BCUT2D eigenvalue weighted by molar-refractivity contribution is 5.91. The number of alkyl halides is 6. The van der Waals surface area contributed by atoms with Gasteiger partial charge in [0.25, 0.3) is 0 Å². The maximum Gasteiger partial charge on any atom is 0.416 e. The van der Waals surface area contributed by atoms with Crippen LogP contribution >= 0.6 is 0 Å². The standard InChI is InChI=1S/C31H33F6NO3/c1-17-6-3-4-9-24(17)28-26-16-38(22-7-5-8-23(39)15-22)29(40)25(26)10-11-27(28)41-18(2)19-12-20(30(32,33)34)14-21(13-19)31(35,36)37/h3-4,6,9,12-15,18,25-29,40H,5,7-8,10-11,16H2,1-2H3/t18-,25+,26-,27+,28+,29?/m1/s1. The topological polar surface area (TPSA) is 49.8 Å². The molecule has 5 rings (SSSR count). The average molecular weight is 582 g/mol. The quantitative estimate of drug-likeness (QED) is 0.371. The first kappa shape index (κ1) is 29.6. The minimum atomic E-state index is -4.95. The van der Waals surface area contributed by atoms with Gasteiger partial charge >= 0.3 is 12.4 Å². The van der Waals surface area contributed by atoms with Gasteiger partial charge in [-0.3, -0.25) is 4.79 Å². The van der Waals surface area contributed by atoms with Crippen molar-refractivity contribution in [2.24, 2.45) is 11.8 Å². The van der Waals surface area contributed by atoms with E-state index in [2.05, 4.69) is 0 Å². The van der Waals surface area contributed by atoms with Gasteiger partial charge in [-0.05, 0) is 80.3 Å². The molecule has 1 N–H and O–H groups in total. The zero-order chi connectivity index (χ0) is 29.7. The molecule has 2 fully saturated rings. The van der Waals surface area contributed by atoms with Crippen LogP contribution in [0.3, 0.4) is 0 Å². The summed E-state index contributed by atoms with van der Waals surface area (Å²) in [4.78, 5) is 14.0. The number of ketones is 1. The minimum Gasteiger partial charge on any atom is -0.373 e. The molecule has 2 aliphatic carbocycles. The molecule has 6 atom stereocenters. The summed E-state index contributed by atoms with van der Waals surface area (Å²) in [6.45, 7) is 3.90. The van der Waals surface area contributed by atoms with Crippen molar-refractivity contribution >= 4 is 5.78 Å². The monoisotopic (exact) mass is 581 g/mol. The van der Waals surface area contributed by atoms with Crippen LogP contribution in [0.1, 0.15) is 78.9 Å². The van der Waals surface area contributed by atoms with Crippen molar-refractivity contribution in [3.05, 3.63) is 82.1 Å². The normalized spacial score (nSPS) is 27.9. The summed E-state index contributed by atoms with van der Waals surface area (Å²) in [7, 11) is 0. The molecular formula is C31H33F6NO3. The number of benzene rings is 2. The van der Waals surface area contributed by atoms with Crippen molar-refractivity contribution in [3.8, 4) is 0 Å². The van der Waals surface area contributed by atoms with E-state index in [-0.39, 0.29) is 35.2 Å². The number of aryl methyl sites for hydroxylation is 1. The molecule has 2 aromatic carbocycles. The van der Waals surface area contributed by atoms with Gasteiger partial charge in [0.15, 0.2) is 5.78 Å². The lowest BCUT2D eigenvalue weighted by Crippen LogP contribution is -2.40. The Hall–Kier alpha value is -2.85. The van der Waals surface area contributed by atoms with Crippen molar-refractivity contribution in [1.82, 2.24) is 4.90 Å². The minimum absolute atomic E-state index is 0.0260. The van der Waals surface area contributed by atoms with E-state index in [1.54, 1.807) is 6.08 Å². The molecule has 1 unspecified atom stereocenters. The summed E-state index contributed by atoms with van der Waals surface area (Å²) in [6, 6.07) is 9.27. The number of aliphatic hydroxyl groups is 1. The lowest BCUT2D eigenvalue weighted by atomic mass is 9.68. The number of fused-ring (bicyclic) bond motifs is 1. The summed E-state index contributed by atoms with van der Waals surface area (Å²) in [5.41, 5.74) is -0.179. The molecule has 1 aliphatic heterocycles. The molecule has 3 aliphatic rings. The van der Waals surface area contributed by atoms with Gasteiger partial charge in [-0.25, -0.2) is 0 Å². The number of hydrogen-bond acceptors (Lipinski definition) is 4. The average Bonchev–Trinajstić information content (AvgIpc) is 3.24. The zero-order valence-electron chi connectivity index (χ0n) is 22.8. The van der Waals surface area contributed by atoms with Gasteiger partial charge in [-0.15, -0.1) is 0 Å². The van der Waals surface area contributed by atoms with Gasteiger partial charge in [-0.2, -0.15) is 26.3 Å². The van der Waals surface area contributed by atoms with Crippen LogP contribution in [0.15, 0.2) is 54.2 Å². The van der Waals surface area contributed by atoms with Gasteiger partial charge in [0.1, 0.15) is 6.23 Å². The first-order valence-electron chi connectivity index (χ1n) is 13.9. The number of aliphatic hydroxyl groups excluding tert-OH is 1. The molecule has 1 heterocycles. The van der Waals surface area contributed by atoms with Crippen molar-refractivity contribution in [2.45, 2.75) is 82.7 Å². The van der Waals surface area contributed by atoms with Gasteiger partial charge in [0.05, 0.1) is 23.3 Å². The molecule has 10 heteroatoms. The van der Waals surface area contributed by atoms with E-state index in [1.807, 2.05) is 36.1 Å². The second kappa shape index (κ2) is 11.1. The molecule has 41 heavy (non-hydrogen) atoms. The van der Waals surface area contributed by atoms with Crippen molar-refractivity contribution in [2.75, 3.05) is 6.54 Å². The first-order valence-corrected chi connectivity index (χ1v) is 13.9. The van der Waals surface area contributed by atoms with E-state index in [4.69, 9.17) is 4.74 Å². The Kier molecular flexibility index (Phi) is 8.02. The van der Waals surface area contributed by atoms with Crippen LogP contribution in [-0.2, 0) is 21.9 Å². The van der Waals surface area contributed by atoms with Crippen LogP contribution in [0.25, 0.3) is 0 Å². The first-order chi connectivity index (χ1) is 19.2. The zero-order valence-corrected chi connectivity index (χ0v) is 22.8. The van der Waals surface area contributed by atoms with Crippen molar-refractivity contribution in [3.63, 3.8) is 0 Å². The number of allylic oxidation sites excluding steroid dienone is 2. The third-order valence-corrected chi connectivity index (χ3v) is 8.86. The molecule has 2 aromatic rings. The van der Waals surface area contributed by atoms with Gasteiger partial charge in [-0.1, -0.05) is 24.3 Å². The summed E-state index contributed by atoms with van der Waals surface area (Å²) >= 11 is 0. The summed E-state index contributed by atoms with van der Waals surface area (Å²) in [5, 5.41) is 11.3. The molecule has 1 saturated heterocycles. The molecule has 0 aromatic heterocycles. The summed E-state index contributed by atoms with van der Waals surface area (Å²) in [5.74, 6) is -0.455.